The van der Waals surface area contributed by atoms with Gasteiger partial charge in [0, 0.05) is 17.2 Å². The zero-order chi connectivity index (χ0) is 19.6. The average Bonchev–Trinajstić information content (AvgIpc) is 2.99. The van der Waals surface area contributed by atoms with Crippen LogP contribution in [0.3, 0.4) is 0 Å². The summed E-state index contributed by atoms with van der Waals surface area (Å²) in [4.78, 5) is 17.3. The number of amides is 1. The zero-order valence-corrected chi connectivity index (χ0v) is 16.4. The molecule has 6 nitrogen and oxygen atoms in total. The maximum atomic E-state index is 12.7. The molecular weight excluding hydrogens is 342 g/mol. The number of fused-ring (bicyclic) bond motifs is 1. The lowest BCUT2D eigenvalue weighted by Crippen LogP contribution is -2.26. The van der Waals surface area contributed by atoms with Gasteiger partial charge in [-0.3, -0.25) is 10.1 Å². The van der Waals surface area contributed by atoms with Crippen LogP contribution in [0, 0.1) is 0 Å². The first-order valence-corrected chi connectivity index (χ1v) is 8.82. The highest BCUT2D eigenvalue weighted by Gasteiger charge is 2.23. The molecule has 0 saturated heterocycles. The second-order valence-electron chi connectivity index (χ2n) is 7.33. The number of carbonyl (C=O) groups is 1. The maximum absolute atomic E-state index is 12.7. The lowest BCUT2D eigenvalue weighted by atomic mass is 10.1. The minimum absolute atomic E-state index is 0.153. The van der Waals surface area contributed by atoms with Gasteiger partial charge in [-0.2, -0.15) is 0 Å². The van der Waals surface area contributed by atoms with Crippen LogP contribution in [0.2, 0.25) is 0 Å². The molecule has 0 aliphatic carbocycles. The summed E-state index contributed by atoms with van der Waals surface area (Å²) in [5.74, 6) is 1.69. The summed E-state index contributed by atoms with van der Waals surface area (Å²) in [6.45, 7) is 6.26. The molecule has 0 unspecified atom stereocenters. The summed E-state index contributed by atoms with van der Waals surface area (Å²) < 4.78 is 12.6. The van der Waals surface area contributed by atoms with Gasteiger partial charge in [0.1, 0.15) is 11.5 Å². The van der Waals surface area contributed by atoms with Crippen molar-refractivity contribution >= 4 is 22.9 Å². The number of para-hydroxylation sites is 2. The molecule has 1 N–H and O–H groups in total. The third-order valence-electron chi connectivity index (χ3n) is 4.33. The fourth-order valence-corrected chi connectivity index (χ4v) is 3.13. The minimum atomic E-state index is -0.226. The molecule has 0 atom stereocenters. The van der Waals surface area contributed by atoms with Crippen LogP contribution < -0.4 is 14.8 Å². The van der Waals surface area contributed by atoms with Gasteiger partial charge in [-0.25, -0.2) is 4.98 Å². The summed E-state index contributed by atoms with van der Waals surface area (Å²) >= 11 is 0. The van der Waals surface area contributed by atoms with Crippen molar-refractivity contribution in [3.05, 3.63) is 48.0 Å². The van der Waals surface area contributed by atoms with Crippen molar-refractivity contribution in [2.45, 2.75) is 32.7 Å². The first-order chi connectivity index (χ1) is 12.8. The van der Waals surface area contributed by atoms with Crippen molar-refractivity contribution in [3.8, 4) is 11.5 Å². The fourth-order valence-electron chi connectivity index (χ4n) is 3.13. The predicted molar refractivity (Wildman–Crippen MR) is 107 cm³/mol. The Morgan fingerprint density at radius 2 is 1.85 bits per heavy atom. The van der Waals surface area contributed by atoms with E-state index in [0.29, 0.717) is 17.4 Å². The quantitative estimate of drug-likeness (QED) is 0.740. The zero-order valence-electron chi connectivity index (χ0n) is 16.4. The SMILES string of the molecule is COc1ccc(CC(=O)Nc2nc3ccccc3n2C(C)(C)C)c(OC)c1. The van der Waals surface area contributed by atoms with Crippen LogP contribution in [0.5, 0.6) is 11.5 Å². The van der Waals surface area contributed by atoms with E-state index >= 15 is 0 Å². The molecule has 1 amide bonds. The van der Waals surface area contributed by atoms with E-state index in [1.165, 1.54) is 0 Å². The molecule has 2 aromatic carbocycles. The van der Waals surface area contributed by atoms with Crippen LogP contribution in [-0.4, -0.2) is 29.7 Å². The monoisotopic (exact) mass is 367 g/mol. The normalized spacial score (nSPS) is 11.4. The Bertz CT molecular complexity index is 970. The Morgan fingerprint density at radius 3 is 2.52 bits per heavy atom. The number of methoxy groups -OCH3 is 2. The highest BCUT2D eigenvalue weighted by Crippen LogP contribution is 2.29. The van der Waals surface area contributed by atoms with E-state index in [1.54, 1.807) is 20.3 Å². The van der Waals surface area contributed by atoms with Crippen molar-refractivity contribution in [1.82, 2.24) is 9.55 Å². The number of hydrogen-bond acceptors (Lipinski definition) is 4. The Morgan fingerprint density at radius 1 is 1.11 bits per heavy atom. The van der Waals surface area contributed by atoms with Crippen LogP contribution in [0.1, 0.15) is 26.3 Å². The number of imidazole rings is 1. The Labute approximate surface area is 159 Å². The van der Waals surface area contributed by atoms with Gasteiger partial charge in [0.2, 0.25) is 11.9 Å². The minimum Gasteiger partial charge on any atom is -0.497 e. The van der Waals surface area contributed by atoms with E-state index in [2.05, 4.69) is 31.1 Å². The highest BCUT2D eigenvalue weighted by atomic mass is 16.5. The van der Waals surface area contributed by atoms with Crippen LogP contribution in [-0.2, 0) is 16.8 Å². The summed E-state index contributed by atoms with van der Waals surface area (Å²) in [5.41, 5.74) is 2.40. The molecule has 0 fully saturated rings. The lowest BCUT2D eigenvalue weighted by Gasteiger charge is -2.24. The maximum Gasteiger partial charge on any atom is 0.231 e. The van der Waals surface area contributed by atoms with Crippen LogP contribution >= 0.6 is 0 Å². The lowest BCUT2D eigenvalue weighted by molar-refractivity contribution is -0.115. The molecule has 0 saturated carbocycles. The van der Waals surface area contributed by atoms with E-state index in [0.717, 1.165) is 16.6 Å². The molecule has 0 spiro atoms. The van der Waals surface area contributed by atoms with Crippen LogP contribution in [0.25, 0.3) is 11.0 Å². The summed E-state index contributed by atoms with van der Waals surface area (Å²) in [6, 6.07) is 13.3. The largest absolute Gasteiger partial charge is 0.497 e. The standard InChI is InChI=1S/C21H25N3O3/c1-21(2,3)24-17-9-7-6-8-16(17)22-20(24)23-19(25)12-14-10-11-15(26-4)13-18(14)27-5/h6-11,13H,12H2,1-5H3,(H,22,23,25). The van der Waals surface area contributed by atoms with Crippen LogP contribution in [0.15, 0.2) is 42.5 Å². The van der Waals surface area contributed by atoms with E-state index < -0.39 is 0 Å². The number of benzene rings is 2. The summed E-state index contributed by atoms with van der Waals surface area (Å²) in [5, 5.41) is 2.96. The van der Waals surface area contributed by atoms with Gasteiger partial charge < -0.3 is 14.0 Å². The number of rotatable bonds is 5. The first kappa shape index (κ1) is 18.8. The highest BCUT2D eigenvalue weighted by molar-refractivity contribution is 5.93. The summed E-state index contributed by atoms with van der Waals surface area (Å²) in [7, 11) is 3.17. The number of ether oxygens (including phenoxy) is 2. The fraction of sp³-hybridized carbons (Fsp3) is 0.333. The summed E-state index contributed by atoms with van der Waals surface area (Å²) in [6.07, 6.45) is 0.181. The number of anilines is 1. The second-order valence-corrected chi connectivity index (χ2v) is 7.33. The number of aromatic nitrogens is 2. The van der Waals surface area contributed by atoms with E-state index in [-0.39, 0.29) is 17.9 Å². The van der Waals surface area contributed by atoms with Gasteiger partial charge in [-0.1, -0.05) is 18.2 Å². The Balaban J connectivity index is 1.89. The molecule has 142 valence electrons. The van der Waals surface area contributed by atoms with Gasteiger partial charge >= 0.3 is 0 Å². The van der Waals surface area contributed by atoms with Crippen LogP contribution in [0.4, 0.5) is 5.95 Å². The van der Waals surface area contributed by atoms with E-state index in [9.17, 15) is 4.79 Å². The van der Waals surface area contributed by atoms with Crippen molar-refractivity contribution in [2.24, 2.45) is 0 Å². The molecule has 1 heterocycles. The second kappa shape index (κ2) is 7.31. The van der Waals surface area contributed by atoms with Gasteiger partial charge in [-0.05, 0) is 39.0 Å². The van der Waals surface area contributed by atoms with Gasteiger partial charge in [0.05, 0.1) is 31.7 Å². The Kier molecular flexibility index (Phi) is 5.08. The van der Waals surface area contributed by atoms with E-state index in [1.807, 2.05) is 41.0 Å². The van der Waals surface area contributed by atoms with E-state index in [4.69, 9.17) is 9.47 Å². The predicted octanol–water partition coefficient (Wildman–Crippen LogP) is 3.99. The molecule has 0 aliphatic heterocycles. The first-order valence-electron chi connectivity index (χ1n) is 8.82. The molecule has 0 aliphatic rings. The smallest absolute Gasteiger partial charge is 0.231 e. The molecule has 1 aromatic heterocycles. The number of hydrogen-bond donors (Lipinski definition) is 1. The van der Waals surface area contributed by atoms with Crippen molar-refractivity contribution in [1.29, 1.82) is 0 Å². The Hall–Kier alpha value is -3.02. The van der Waals surface area contributed by atoms with Crippen molar-refractivity contribution < 1.29 is 14.3 Å². The topological polar surface area (TPSA) is 65.4 Å². The number of nitrogens with one attached hydrogen (secondary N) is 1. The molecular formula is C21H25N3O3. The van der Waals surface area contributed by atoms with Gasteiger partial charge in [0.15, 0.2) is 0 Å². The van der Waals surface area contributed by atoms with Crippen molar-refractivity contribution in [2.75, 3.05) is 19.5 Å². The third kappa shape index (κ3) is 3.89. The van der Waals surface area contributed by atoms with Gasteiger partial charge in [0.25, 0.3) is 0 Å². The molecule has 3 rings (SSSR count). The molecule has 6 heteroatoms. The third-order valence-corrected chi connectivity index (χ3v) is 4.33. The molecule has 27 heavy (non-hydrogen) atoms. The number of carbonyl (C=O) groups excluding carboxylic acids is 1. The average molecular weight is 367 g/mol. The molecule has 3 aromatic rings. The molecule has 0 radical (unpaired) electrons. The van der Waals surface area contributed by atoms with Crippen molar-refractivity contribution in [3.63, 3.8) is 0 Å². The van der Waals surface area contributed by atoms with Gasteiger partial charge in [-0.15, -0.1) is 0 Å². The number of nitrogens with zero attached hydrogens (tertiary/aromatic N) is 2. The molecule has 0 bridgehead atoms.